The number of aryl methyl sites for hydroxylation is 1. The Morgan fingerprint density at radius 1 is 1.25 bits per heavy atom. The van der Waals surface area contributed by atoms with Gasteiger partial charge in [-0.1, -0.05) is 12.1 Å². The lowest BCUT2D eigenvalue weighted by Gasteiger charge is -2.08. The quantitative estimate of drug-likeness (QED) is 0.827. The third kappa shape index (κ3) is 2.81. The van der Waals surface area contributed by atoms with Crippen LogP contribution >= 0.6 is 0 Å². The Morgan fingerprint density at radius 3 is 2.44 bits per heavy atom. The van der Waals surface area contributed by atoms with Crippen molar-refractivity contribution in [2.75, 3.05) is 13.2 Å². The largest absolute Gasteiger partial charge is 0.366 e. The van der Waals surface area contributed by atoms with E-state index < -0.39 is 5.91 Å². The molecule has 0 unspecified atom stereocenters. The number of primary amides is 1. The molecule has 16 heavy (non-hydrogen) atoms. The summed E-state index contributed by atoms with van der Waals surface area (Å²) in [7, 11) is 0. The zero-order valence-electron chi connectivity index (χ0n) is 9.02. The van der Waals surface area contributed by atoms with Crippen LogP contribution in [0.1, 0.15) is 22.3 Å². The first-order chi connectivity index (χ1) is 7.75. The van der Waals surface area contributed by atoms with Crippen molar-refractivity contribution in [1.82, 2.24) is 0 Å². The van der Waals surface area contributed by atoms with Gasteiger partial charge in [-0.25, -0.2) is 0 Å². The minimum atomic E-state index is -0.394. The molecule has 0 aliphatic carbocycles. The van der Waals surface area contributed by atoms with Crippen molar-refractivity contribution in [1.29, 1.82) is 0 Å². The lowest BCUT2D eigenvalue weighted by Crippen LogP contribution is -2.11. The van der Waals surface area contributed by atoms with Crippen molar-refractivity contribution in [3.63, 3.8) is 0 Å². The van der Waals surface area contributed by atoms with E-state index in [4.69, 9.17) is 15.2 Å². The lowest BCUT2D eigenvalue weighted by molar-refractivity contribution is -0.0462. The predicted octanol–water partition coefficient (Wildman–Crippen LogP) is 1.09. The van der Waals surface area contributed by atoms with E-state index in [9.17, 15) is 4.79 Å². The van der Waals surface area contributed by atoms with Crippen LogP contribution in [0.3, 0.4) is 0 Å². The molecule has 0 aromatic heterocycles. The molecule has 0 radical (unpaired) electrons. The third-order valence-corrected chi connectivity index (χ3v) is 2.60. The Balaban J connectivity index is 1.87. The van der Waals surface area contributed by atoms with Crippen molar-refractivity contribution in [3.05, 3.63) is 35.4 Å². The first-order valence-corrected chi connectivity index (χ1v) is 5.37. The summed E-state index contributed by atoms with van der Waals surface area (Å²) in [6.45, 7) is 1.37. The van der Waals surface area contributed by atoms with Crippen LogP contribution in [0.4, 0.5) is 0 Å². The summed E-state index contributed by atoms with van der Waals surface area (Å²) >= 11 is 0. The molecule has 4 nitrogen and oxygen atoms in total. The average molecular weight is 221 g/mol. The second-order valence-corrected chi connectivity index (χ2v) is 3.77. The highest BCUT2D eigenvalue weighted by molar-refractivity contribution is 5.92. The van der Waals surface area contributed by atoms with Crippen LogP contribution in [0.15, 0.2) is 24.3 Å². The summed E-state index contributed by atoms with van der Waals surface area (Å²) in [5.41, 5.74) is 6.85. The summed E-state index contributed by atoms with van der Waals surface area (Å²) in [6, 6.07) is 7.31. The molecule has 1 aliphatic rings. The molecule has 2 rings (SSSR count). The summed E-state index contributed by atoms with van der Waals surface area (Å²) in [5, 5.41) is 0. The molecule has 0 saturated carbocycles. The Kier molecular flexibility index (Phi) is 3.54. The van der Waals surface area contributed by atoms with E-state index in [2.05, 4.69) is 0 Å². The molecule has 1 heterocycles. The van der Waals surface area contributed by atoms with Crippen LogP contribution in [0, 0.1) is 0 Å². The van der Waals surface area contributed by atoms with Crippen molar-refractivity contribution >= 4 is 5.91 Å². The van der Waals surface area contributed by atoms with Crippen LogP contribution in [-0.4, -0.2) is 25.4 Å². The first kappa shape index (κ1) is 11.1. The molecule has 1 aliphatic heterocycles. The Bertz CT molecular complexity index is 355. The van der Waals surface area contributed by atoms with Gasteiger partial charge in [0, 0.05) is 12.0 Å². The summed E-state index contributed by atoms with van der Waals surface area (Å²) in [6.07, 6.45) is 1.65. The standard InChI is InChI=1S/C12H15NO3/c13-12(14)10-4-1-9(2-5-10)3-6-11-15-7-8-16-11/h1-2,4-5,11H,3,6-8H2,(H2,13,14). The fraction of sp³-hybridized carbons (Fsp3) is 0.417. The van der Waals surface area contributed by atoms with Gasteiger partial charge in [0.05, 0.1) is 13.2 Å². The predicted molar refractivity (Wildman–Crippen MR) is 59.0 cm³/mol. The number of ether oxygens (including phenoxy) is 2. The molecule has 0 spiro atoms. The number of benzene rings is 1. The molecular weight excluding hydrogens is 206 g/mol. The highest BCUT2D eigenvalue weighted by Gasteiger charge is 2.15. The van der Waals surface area contributed by atoms with Gasteiger partial charge in [0.25, 0.3) is 0 Å². The van der Waals surface area contributed by atoms with Crippen molar-refractivity contribution in [3.8, 4) is 0 Å². The fourth-order valence-corrected chi connectivity index (χ4v) is 1.69. The number of nitrogens with two attached hydrogens (primary N) is 1. The molecule has 0 bridgehead atoms. The van der Waals surface area contributed by atoms with Crippen LogP contribution in [-0.2, 0) is 15.9 Å². The number of hydrogen-bond donors (Lipinski definition) is 1. The molecule has 86 valence electrons. The normalized spacial score (nSPS) is 16.5. The highest BCUT2D eigenvalue weighted by Crippen LogP contribution is 2.13. The first-order valence-electron chi connectivity index (χ1n) is 5.37. The van der Waals surface area contributed by atoms with Gasteiger partial charge in [0.15, 0.2) is 6.29 Å². The number of rotatable bonds is 4. The molecular formula is C12H15NO3. The van der Waals surface area contributed by atoms with Crippen LogP contribution in [0.25, 0.3) is 0 Å². The number of carbonyl (C=O) groups is 1. The SMILES string of the molecule is NC(=O)c1ccc(CCC2OCCO2)cc1. The van der Waals surface area contributed by atoms with E-state index in [1.54, 1.807) is 12.1 Å². The maximum atomic E-state index is 10.9. The van der Waals surface area contributed by atoms with Gasteiger partial charge in [-0.3, -0.25) is 4.79 Å². The van der Waals surface area contributed by atoms with Crippen molar-refractivity contribution in [2.45, 2.75) is 19.1 Å². The zero-order chi connectivity index (χ0) is 11.4. The average Bonchev–Trinajstić information content (AvgIpc) is 2.80. The number of hydrogen-bond acceptors (Lipinski definition) is 3. The van der Waals surface area contributed by atoms with E-state index in [0.29, 0.717) is 18.8 Å². The smallest absolute Gasteiger partial charge is 0.248 e. The highest BCUT2D eigenvalue weighted by atomic mass is 16.7. The maximum absolute atomic E-state index is 10.9. The van der Waals surface area contributed by atoms with Gasteiger partial charge >= 0.3 is 0 Å². The Hall–Kier alpha value is -1.39. The fourth-order valence-electron chi connectivity index (χ4n) is 1.69. The van der Waals surface area contributed by atoms with Gasteiger partial charge in [-0.05, 0) is 24.1 Å². The van der Waals surface area contributed by atoms with Gasteiger partial charge in [0.1, 0.15) is 0 Å². The minimum Gasteiger partial charge on any atom is -0.366 e. The van der Waals surface area contributed by atoms with Gasteiger partial charge in [0.2, 0.25) is 5.91 Å². The molecule has 2 N–H and O–H groups in total. The van der Waals surface area contributed by atoms with Crippen LogP contribution in [0.5, 0.6) is 0 Å². The number of carbonyl (C=O) groups excluding carboxylic acids is 1. The molecule has 1 aromatic rings. The van der Waals surface area contributed by atoms with Crippen molar-refractivity contribution in [2.24, 2.45) is 5.73 Å². The summed E-state index contributed by atoms with van der Waals surface area (Å²) in [4.78, 5) is 10.9. The molecule has 0 atom stereocenters. The Labute approximate surface area is 94.3 Å². The lowest BCUT2D eigenvalue weighted by atomic mass is 10.1. The molecule has 1 saturated heterocycles. The van der Waals surface area contributed by atoms with Gasteiger partial charge in [-0.2, -0.15) is 0 Å². The second kappa shape index (κ2) is 5.09. The molecule has 1 amide bonds. The van der Waals surface area contributed by atoms with Crippen LogP contribution in [0.2, 0.25) is 0 Å². The minimum absolute atomic E-state index is 0.0733. The van der Waals surface area contributed by atoms with Gasteiger partial charge in [-0.15, -0.1) is 0 Å². The third-order valence-electron chi connectivity index (χ3n) is 2.60. The second-order valence-electron chi connectivity index (χ2n) is 3.77. The van der Waals surface area contributed by atoms with E-state index in [1.807, 2.05) is 12.1 Å². The molecule has 4 heteroatoms. The number of amides is 1. The van der Waals surface area contributed by atoms with E-state index in [1.165, 1.54) is 0 Å². The summed E-state index contributed by atoms with van der Waals surface area (Å²) in [5.74, 6) is -0.394. The Morgan fingerprint density at radius 2 is 1.88 bits per heavy atom. The summed E-state index contributed by atoms with van der Waals surface area (Å²) < 4.78 is 10.7. The monoisotopic (exact) mass is 221 g/mol. The van der Waals surface area contributed by atoms with Crippen LogP contribution < -0.4 is 5.73 Å². The molecule has 1 aromatic carbocycles. The van der Waals surface area contributed by atoms with E-state index in [-0.39, 0.29) is 6.29 Å². The maximum Gasteiger partial charge on any atom is 0.248 e. The van der Waals surface area contributed by atoms with E-state index in [0.717, 1.165) is 18.4 Å². The zero-order valence-corrected chi connectivity index (χ0v) is 9.02. The molecule has 1 fully saturated rings. The van der Waals surface area contributed by atoms with Gasteiger partial charge < -0.3 is 15.2 Å². The van der Waals surface area contributed by atoms with E-state index >= 15 is 0 Å². The van der Waals surface area contributed by atoms with Crippen molar-refractivity contribution < 1.29 is 14.3 Å². The topological polar surface area (TPSA) is 61.6 Å².